The molecule has 140 valence electrons. The van der Waals surface area contributed by atoms with E-state index in [4.69, 9.17) is 4.42 Å². The molecule has 0 saturated heterocycles. The van der Waals surface area contributed by atoms with E-state index in [2.05, 4.69) is 20.0 Å². The first kappa shape index (κ1) is 19.3. The number of aryl methyl sites for hydroxylation is 2. The number of nitrogens with zero attached hydrogens (tertiary/aromatic N) is 1. The zero-order chi connectivity index (χ0) is 19.3. The van der Waals surface area contributed by atoms with Crippen LogP contribution in [-0.4, -0.2) is 25.3 Å². The average Bonchev–Trinajstić information content (AvgIpc) is 2.86. The summed E-state index contributed by atoms with van der Waals surface area (Å²) in [7, 11) is 0. The maximum Gasteiger partial charge on any atom is 0.387 e. The summed E-state index contributed by atoms with van der Waals surface area (Å²) in [5, 5.41) is 3.65. The van der Waals surface area contributed by atoms with E-state index in [1.807, 2.05) is 0 Å². The molecule has 0 bridgehead atoms. The summed E-state index contributed by atoms with van der Waals surface area (Å²) in [6.45, 7) is -3.03. The van der Waals surface area contributed by atoms with Gasteiger partial charge in [-0.15, -0.1) is 0 Å². The second-order valence-electron chi connectivity index (χ2n) is 4.98. The molecule has 2 rings (SSSR count). The van der Waals surface area contributed by atoms with Crippen LogP contribution in [0, 0.1) is 13.8 Å². The number of hydrazone groups is 1. The molecule has 1 N–H and O–H groups in total. The van der Waals surface area contributed by atoms with Crippen LogP contribution in [0.2, 0.25) is 0 Å². The van der Waals surface area contributed by atoms with Gasteiger partial charge in [-0.2, -0.15) is 22.7 Å². The normalized spacial score (nSPS) is 11.4. The van der Waals surface area contributed by atoms with Crippen LogP contribution in [-0.2, 0) is 0 Å². The summed E-state index contributed by atoms with van der Waals surface area (Å²) in [5.74, 6) is -0.429. The number of halogens is 4. The number of carbonyl (C=O) groups excluding carboxylic acids is 1. The molecule has 2 aromatic rings. The molecule has 0 fully saturated rings. The van der Waals surface area contributed by atoms with Crippen molar-refractivity contribution in [3.8, 4) is 11.5 Å². The minimum atomic E-state index is -3.19. The third kappa shape index (κ3) is 5.23. The highest BCUT2D eigenvalue weighted by atomic mass is 19.3. The summed E-state index contributed by atoms with van der Waals surface area (Å²) >= 11 is 0. The Hall–Kier alpha value is -3.04. The first-order chi connectivity index (χ1) is 12.3. The van der Waals surface area contributed by atoms with Gasteiger partial charge in [-0.05, 0) is 32.0 Å². The fourth-order valence-electron chi connectivity index (χ4n) is 2.07. The smallest absolute Gasteiger partial charge is 0.387 e. The van der Waals surface area contributed by atoms with Crippen LogP contribution in [0.4, 0.5) is 17.6 Å². The van der Waals surface area contributed by atoms with Gasteiger partial charge in [0.05, 0.1) is 11.8 Å². The second-order valence-corrected chi connectivity index (χ2v) is 4.98. The van der Waals surface area contributed by atoms with E-state index < -0.39 is 24.9 Å². The van der Waals surface area contributed by atoms with Crippen molar-refractivity contribution in [2.45, 2.75) is 27.1 Å². The van der Waals surface area contributed by atoms with E-state index in [0.717, 1.165) is 18.3 Å². The Morgan fingerprint density at radius 1 is 1.15 bits per heavy atom. The van der Waals surface area contributed by atoms with Crippen LogP contribution in [0.25, 0.3) is 0 Å². The molecule has 0 spiro atoms. The molecular weight excluding hydrogens is 360 g/mol. The lowest BCUT2D eigenvalue weighted by Gasteiger charge is -2.10. The molecule has 0 atom stereocenters. The van der Waals surface area contributed by atoms with Crippen LogP contribution >= 0.6 is 0 Å². The molecular formula is C16H14F4N2O4. The summed E-state index contributed by atoms with van der Waals surface area (Å²) in [6, 6.07) is 4.68. The largest absolute Gasteiger partial charge is 0.466 e. The van der Waals surface area contributed by atoms with Crippen molar-refractivity contribution < 1.29 is 36.2 Å². The molecule has 1 aromatic heterocycles. The molecule has 26 heavy (non-hydrogen) atoms. The molecule has 10 heteroatoms. The number of hydrogen-bond donors (Lipinski definition) is 1. The van der Waals surface area contributed by atoms with Crippen LogP contribution in [0.3, 0.4) is 0 Å². The fourth-order valence-corrected chi connectivity index (χ4v) is 2.07. The van der Waals surface area contributed by atoms with Crippen molar-refractivity contribution >= 4 is 12.1 Å². The van der Waals surface area contributed by atoms with Gasteiger partial charge in [0, 0.05) is 11.6 Å². The van der Waals surface area contributed by atoms with E-state index >= 15 is 0 Å². The first-order valence-electron chi connectivity index (χ1n) is 7.20. The van der Waals surface area contributed by atoms with Crippen molar-refractivity contribution in [2.75, 3.05) is 0 Å². The Labute approximate surface area is 145 Å². The Balaban J connectivity index is 2.14. The van der Waals surface area contributed by atoms with Crippen LogP contribution in [0.15, 0.2) is 33.8 Å². The topological polar surface area (TPSA) is 73.1 Å². The maximum absolute atomic E-state index is 12.5. The first-order valence-corrected chi connectivity index (χ1v) is 7.20. The summed E-state index contributed by atoms with van der Waals surface area (Å²) in [4.78, 5) is 12.0. The zero-order valence-corrected chi connectivity index (χ0v) is 13.6. The van der Waals surface area contributed by atoms with Gasteiger partial charge in [0.25, 0.3) is 5.91 Å². The van der Waals surface area contributed by atoms with Crippen LogP contribution in [0.5, 0.6) is 11.5 Å². The lowest BCUT2D eigenvalue weighted by atomic mass is 10.2. The van der Waals surface area contributed by atoms with Gasteiger partial charge in [-0.3, -0.25) is 4.79 Å². The molecule has 1 aromatic carbocycles. The monoisotopic (exact) mass is 374 g/mol. The molecule has 0 unspecified atom stereocenters. The molecule has 0 aliphatic heterocycles. The Morgan fingerprint density at radius 3 is 2.42 bits per heavy atom. The number of amides is 1. The number of carbonyl (C=O) groups is 1. The van der Waals surface area contributed by atoms with Gasteiger partial charge in [0.15, 0.2) is 0 Å². The van der Waals surface area contributed by atoms with Gasteiger partial charge in [0.1, 0.15) is 23.0 Å². The van der Waals surface area contributed by atoms with E-state index in [0.29, 0.717) is 11.5 Å². The summed E-state index contributed by atoms with van der Waals surface area (Å²) in [6.07, 6.45) is 1.03. The van der Waals surface area contributed by atoms with Gasteiger partial charge >= 0.3 is 13.2 Å². The van der Waals surface area contributed by atoms with Crippen LogP contribution < -0.4 is 14.9 Å². The van der Waals surface area contributed by atoms with E-state index in [9.17, 15) is 22.4 Å². The van der Waals surface area contributed by atoms with E-state index in [1.54, 1.807) is 13.8 Å². The highest BCUT2D eigenvalue weighted by Crippen LogP contribution is 2.26. The number of alkyl halides is 4. The molecule has 0 radical (unpaired) electrons. The van der Waals surface area contributed by atoms with Crippen molar-refractivity contribution in [3.05, 3.63) is 46.9 Å². The number of hydrogen-bond acceptors (Lipinski definition) is 5. The quantitative estimate of drug-likeness (QED) is 0.454. The summed E-state index contributed by atoms with van der Waals surface area (Å²) in [5.41, 5.74) is 2.49. The van der Waals surface area contributed by atoms with Gasteiger partial charge < -0.3 is 13.9 Å². The standard InChI is InChI=1S/C16H14F4N2O4/c1-8-5-12(9(2)24-8)14(23)22-21-7-10-3-4-11(25-15(17)18)6-13(10)26-16(19)20/h3-7,15-16H,1-2H3,(H,22,23)/b21-7-. The Kier molecular flexibility index (Phi) is 6.21. The fraction of sp³-hybridized carbons (Fsp3) is 0.250. The van der Waals surface area contributed by atoms with Gasteiger partial charge in [-0.25, -0.2) is 5.43 Å². The van der Waals surface area contributed by atoms with Crippen molar-refractivity contribution in [1.29, 1.82) is 0 Å². The number of rotatable bonds is 7. The molecule has 0 saturated carbocycles. The van der Waals surface area contributed by atoms with Crippen molar-refractivity contribution in [2.24, 2.45) is 5.10 Å². The minimum absolute atomic E-state index is 0.0207. The Bertz CT molecular complexity index is 806. The number of furan rings is 1. The highest BCUT2D eigenvalue weighted by Gasteiger charge is 2.14. The van der Waals surface area contributed by atoms with Crippen LogP contribution in [0.1, 0.15) is 27.4 Å². The number of nitrogens with one attached hydrogen (secondary N) is 1. The van der Waals surface area contributed by atoms with Crippen molar-refractivity contribution in [1.82, 2.24) is 5.43 Å². The second kappa shape index (κ2) is 8.37. The lowest BCUT2D eigenvalue weighted by molar-refractivity contribution is -0.0543. The van der Waals surface area contributed by atoms with Gasteiger partial charge in [-0.1, -0.05) is 0 Å². The Morgan fingerprint density at radius 2 is 1.85 bits per heavy atom. The third-order valence-corrected chi connectivity index (χ3v) is 3.08. The van der Waals surface area contributed by atoms with Gasteiger partial charge in [0.2, 0.25) is 0 Å². The number of benzene rings is 1. The van der Waals surface area contributed by atoms with Crippen molar-refractivity contribution in [3.63, 3.8) is 0 Å². The molecule has 1 heterocycles. The third-order valence-electron chi connectivity index (χ3n) is 3.08. The minimum Gasteiger partial charge on any atom is -0.466 e. The van der Waals surface area contributed by atoms with E-state index in [-0.39, 0.29) is 16.9 Å². The van der Waals surface area contributed by atoms with E-state index in [1.165, 1.54) is 12.1 Å². The number of ether oxygens (including phenoxy) is 2. The molecule has 0 aliphatic carbocycles. The SMILES string of the molecule is Cc1cc(C(=O)N/N=C\c2ccc(OC(F)F)cc2OC(F)F)c(C)o1. The maximum atomic E-state index is 12.5. The predicted molar refractivity (Wildman–Crippen MR) is 82.9 cm³/mol. The average molecular weight is 374 g/mol. The highest BCUT2D eigenvalue weighted by molar-refractivity contribution is 5.96. The zero-order valence-electron chi connectivity index (χ0n) is 13.6. The lowest BCUT2D eigenvalue weighted by Crippen LogP contribution is -2.18. The molecule has 6 nitrogen and oxygen atoms in total. The summed E-state index contributed by atoms with van der Waals surface area (Å²) < 4.78 is 63.0. The predicted octanol–water partition coefficient (Wildman–Crippen LogP) is 3.86. The molecule has 0 aliphatic rings. The molecule has 1 amide bonds.